The molecule has 0 amide bonds. The van der Waals surface area contributed by atoms with Crippen LogP contribution in [0.25, 0.3) is 0 Å². The number of carbonyl (C=O) groups excluding carboxylic acids is 1. The minimum absolute atomic E-state index is 0.0109. The Morgan fingerprint density at radius 1 is 1.10 bits per heavy atom. The van der Waals surface area contributed by atoms with Crippen molar-refractivity contribution in [3.63, 3.8) is 0 Å². The number of ether oxygens (including phenoxy) is 1. The third-order valence-corrected chi connectivity index (χ3v) is 3.59. The molecular formula is C16H12BrNO2. The van der Waals surface area contributed by atoms with Crippen molar-refractivity contribution in [2.24, 2.45) is 4.99 Å². The van der Waals surface area contributed by atoms with Crippen molar-refractivity contribution in [3.8, 4) is 0 Å². The van der Waals surface area contributed by atoms with Gasteiger partial charge >= 0.3 is 5.97 Å². The maximum atomic E-state index is 11.8. The first-order chi connectivity index (χ1) is 9.74. The summed E-state index contributed by atoms with van der Waals surface area (Å²) >= 11 is 3.33. The van der Waals surface area contributed by atoms with Gasteiger partial charge in [0.05, 0.1) is 11.3 Å². The van der Waals surface area contributed by atoms with E-state index < -0.39 is 0 Å². The summed E-state index contributed by atoms with van der Waals surface area (Å²) in [7, 11) is 0. The molecule has 0 saturated carbocycles. The van der Waals surface area contributed by atoms with Crippen LogP contribution in [0.3, 0.4) is 0 Å². The Bertz CT molecular complexity index is 650. The van der Waals surface area contributed by atoms with E-state index in [-0.39, 0.29) is 12.0 Å². The van der Waals surface area contributed by atoms with Gasteiger partial charge in [-0.05, 0) is 29.8 Å². The van der Waals surface area contributed by atoms with Crippen molar-refractivity contribution in [1.82, 2.24) is 0 Å². The second-order valence-electron chi connectivity index (χ2n) is 4.50. The Morgan fingerprint density at radius 2 is 1.80 bits per heavy atom. The van der Waals surface area contributed by atoms with E-state index in [0.717, 1.165) is 15.7 Å². The molecule has 4 heteroatoms. The highest BCUT2D eigenvalue weighted by molar-refractivity contribution is 9.10. The number of hydrogen-bond donors (Lipinski definition) is 0. The average Bonchev–Trinajstić information content (AvgIpc) is 3.26. The Morgan fingerprint density at radius 3 is 2.50 bits per heavy atom. The van der Waals surface area contributed by atoms with Crippen LogP contribution in [-0.4, -0.2) is 24.3 Å². The highest BCUT2D eigenvalue weighted by Gasteiger charge is 2.30. The molecule has 1 heterocycles. The van der Waals surface area contributed by atoms with Gasteiger partial charge in [-0.15, -0.1) is 0 Å². The lowest BCUT2D eigenvalue weighted by Crippen LogP contribution is -2.13. The zero-order valence-corrected chi connectivity index (χ0v) is 12.2. The molecule has 0 aromatic heterocycles. The van der Waals surface area contributed by atoms with Gasteiger partial charge < -0.3 is 4.74 Å². The van der Waals surface area contributed by atoms with Crippen LogP contribution in [-0.2, 0) is 4.74 Å². The van der Waals surface area contributed by atoms with E-state index in [1.54, 1.807) is 12.1 Å². The Hall–Kier alpha value is -1.94. The SMILES string of the molecule is O=C(OCC1N=C1c1ccccc1)c1ccc(Br)cc1. The van der Waals surface area contributed by atoms with E-state index in [4.69, 9.17) is 4.74 Å². The van der Waals surface area contributed by atoms with Crippen molar-refractivity contribution in [3.05, 3.63) is 70.2 Å². The second-order valence-corrected chi connectivity index (χ2v) is 5.42. The molecule has 0 fully saturated rings. The summed E-state index contributed by atoms with van der Waals surface area (Å²) in [5, 5.41) is 0. The summed E-state index contributed by atoms with van der Waals surface area (Å²) in [6.07, 6.45) is 0. The first-order valence-corrected chi connectivity index (χ1v) is 7.09. The van der Waals surface area contributed by atoms with E-state index in [1.807, 2.05) is 42.5 Å². The molecule has 1 atom stereocenters. The lowest BCUT2D eigenvalue weighted by molar-refractivity contribution is 0.0511. The van der Waals surface area contributed by atoms with Crippen molar-refractivity contribution in [1.29, 1.82) is 0 Å². The summed E-state index contributed by atoms with van der Waals surface area (Å²) in [4.78, 5) is 16.2. The van der Waals surface area contributed by atoms with E-state index in [0.29, 0.717) is 12.2 Å². The number of benzene rings is 2. The van der Waals surface area contributed by atoms with Crippen LogP contribution in [0, 0.1) is 0 Å². The van der Waals surface area contributed by atoms with Gasteiger partial charge in [-0.2, -0.15) is 0 Å². The van der Waals surface area contributed by atoms with Crippen LogP contribution < -0.4 is 0 Å². The normalized spacial score (nSPS) is 16.4. The molecule has 100 valence electrons. The monoisotopic (exact) mass is 329 g/mol. The summed E-state index contributed by atoms with van der Waals surface area (Å²) in [6.45, 7) is 0.305. The van der Waals surface area contributed by atoms with Crippen LogP contribution in [0.15, 0.2) is 64.1 Å². The third-order valence-electron chi connectivity index (χ3n) is 3.06. The fourth-order valence-electron chi connectivity index (χ4n) is 1.95. The minimum atomic E-state index is -0.313. The fraction of sp³-hybridized carbons (Fsp3) is 0.125. The highest BCUT2D eigenvalue weighted by Crippen LogP contribution is 2.20. The zero-order chi connectivity index (χ0) is 13.9. The molecular weight excluding hydrogens is 318 g/mol. The smallest absolute Gasteiger partial charge is 0.338 e. The molecule has 1 aliphatic rings. The average molecular weight is 330 g/mol. The first-order valence-electron chi connectivity index (χ1n) is 6.30. The largest absolute Gasteiger partial charge is 0.459 e. The first kappa shape index (κ1) is 13.1. The van der Waals surface area contributed by atoms with Gasteiger partial charge in [0, 0.05) is 4.47 Å². The Labute approximate surface area is 125 Å². The zero-order valence-electron chi connectivity index (χ0n) is 10.6. The molecule has 0 saturated heterocycles. The van der Waals surface area contributed by atoms with Crippen LogP contribution in [0.2, 0.25) is 0 Å². The summed E-state index contributed by atoms with van der Waals surface area (Å²) in [5.41, 5.74) is 2.65. The third kappa shape index (κ3) is 2.96. The number of halogens is 1. The standard InChI is InChI=1S/C16H12BrNO2/c17-13-8-6-12(7-9-13)16(19)20-10-14-15(18-14)11-4-2-1-3-5-11/h1-9,14H,10H2. The van der Waals surface area contributed by atoms with Crippen LogP contribution in [0.4, 0.5) is 0 Å². The second kappa shape index (κ2) is 5.59. The van der Waals surface area contributed by atoms with Gasteiger partial charge in [-0.1, -0.05) is 46.3 Å². The maximum absolute atomic E-state index is 11.8. The number of aliphatic imine (C=N–C) groups is 1. The van der Waals surface area contributed by atoms with Crippen LogP contribution in [0.1, 0.15) is 15.9 Å². The number of hydrogen-bond acceptors (Lipinski definition) is 3. The summed E-state index contributed by atoms with van der Waals surface area (Å²) in [6, 6.07) is 17.1. The van der Waals surface area contributed by atoms with Crippen molar-refractivity contribution >= 4 is 27.6 Å². The molecule has 3 rings (SSSR count). The predicted octanol–water partition coefficient (Wildman–Crippen LogP) is 3.48. The van der Waals surface area contributed by atoms with Gasteiger partial charge in [0.1, 0.15) is 12.6 Å². The fourth-order valence-corrected chi connectivity index (χ4v) is 2.21. The van der Waals surface area contributed by atoms with E-state index in [1.165, 1.54) is 0 Å². The molecule has 1 unspecified atom stereocenters. The van der Waals surface area contributed by atoms with Gasteiger partial charge in [0.25, 0.3) is 0 Å². The molecule has 0 aliphatic carbocycles. The van der Waals surface area contributed by atoms with Crippen LogP contribution >= 0.6 is 15.9 Å². The molecule has 2 aromatic carbocycles. The molecule has 0 N–H and O–H groups in total. The van der Waals surface area contributed by atoms with Gasteiger partial charge in [-0.25, -0.2) is 4.79 Å². The van der Waals surface area contributed by atoms with Crippen molar-refractivity contribution < 1.29 is 9.53 Å². The predicted molar refractivity (Wildman–Crippen MR) is 81.2 cm³/mol. The number of rotatable bonds is 4. The summed E-state index contributed by atoms with van der Waals surface area (Å²) < 4.78 is 6.21. The highest BCUT2D eigenvalue weighted by atomic mass is 79.9. The van der Waals surface area contributed by atoms with E-state index >= 15 is 0 Å². The van der Waals surface area contributed by atoms with Crippen molar-refractivity contribution in [2.75, 3.05) is 6.61 Å². The van der Waals surface area contributed by atoms with Gasteiger partial charge in [-0.3, -0.25) is 4.99 Å². The molecule has 3 nitrogen and oxygen atoms in total. The number of esters is 1. The maximum Gasteiger partial charge on any atom is 0.338 e. The number of nitrogens with zero attached hydrogens (tertiary/aromatic N) is 1. The van der Waals surface area contributed by atoms with E-state index in [2.05, 4.69) is 20.9 Å². The Kier molecular flexibility index (Phi) is 3.65. The molecule has 1 aliphatic heterocycles. The van der Waals surface area contributed by atoms with Crippen LogP contribution in [0.5, 0.6) is 0 Å². The molecule has 0 bridgehead atoms. The molecule has 2 aromatic rings. The van der Waals surface area contributed by atoms with E-state index in [9.17, 15) is 4.79 Å². The summed E-state index contributed by atoms with van der Waals surface area (Å²) in [5.74, 6) is -0.313. The van der Waals surface area contributed by atoms with Gasteiger partial charge in [0.2, 0.25) is 0 Å². The molecule has 0 radical (unpaired) electrons. The van der Waals surface area contributed by atoms with Gasteiger partial charge in [0.15, 0.2) is 0 Å². The van der Waals surface area contributed by atoms with Crippen molar-refractivity contribution in [2.45, 2.75) is 6.04 Å². The molecule has 0 spiro atoms. The quantitative estimate of drug-likeness (QED) is 0.805. The lowest BCUT2D eigenvalue weighted by Gasteiger charge is -2.03. The number of carbonyl (C=O) groups is 1. The Balaban J connectivity index is 1.52. The molecule has 20 heavy (non-hydrogen) atoms. The minimum Gasteiger partial charge on any atom is -0.459 e. The topological polar surface area (TPSA) is 38.7 Å². The lowest BCUT2D eigenvalue weighted by atomic mass is 10.1.